The first-order chi connectivity index (χ1) is 23.6. The number of aryl methyl sites for hydroxylation is 1. The van der Waals surface area contributed by atoms with Crippen LogP contribution in [0.4, 0.5) is 0 Å². The Morgan fingerprint density at radius 3 is 2.59 bits per heavy atom. The third-order valence-corrected chi connectivity index (χ3v) is 12.7. The fourth-order valence-corrected chi connectivity index (χ4v) is 9.92. The number of aromatic nitrogens is 1. The highest BCUT2D eigenvalue weighted by atomic mass is 16.4. The van der Waals surface area contributed by atoms with Gasteiger partial charge in [-0.15, -0.1) is 0 Å². The lowest BCUT2D eigenvalue weighted by atomic mass is 9.64. The van der Waals surface area contributed by atoms with Crippen LogP contribution < -0.4 is 11.1 Å². The number of unbranched alkanes of at least 4 members (excludes halogenated alkanes) is 4. The number of fused-ring (bicyclic) bond motifs is 1. The van der Waals surface area contributed by atoms with E-state index in [9.17, 15) is 25.2 Å². The van der Waals surface area contributed by atoms with Crippen LogP contribution in [0.1, 0.15) is 121 Å². The van der Waals surface area contributed by atoms with Crippen LogP contribution in [0.15, 0.2) is 48.0 Å². The first-order valence-electron chi connectivity index (χ1n) is 19.7. The van der Waals surface area contributed by atoms with Crippen LogP contribution in [-0.2, 0) is 17.6 Å². The number of aliphatic carboxylic acids is 1. The summed E-state index contributed by atoms with van der Waals surface area (Å²) in [7, 11) is 0. The van der Waals surface area contributed by atoms with E-state index in [0.717, 1.165) is 89.3 Å². The maximum Gasteiger partial charge on any atom is 0.309 e. The highest BCUT2D eigenvalue weighted by molar-refractivity contribution is 5.70. The minimum Gasteiger partial charge on any atom is -0.481 e. The molecule has 1 aromatic heterocycles. The normalized spacial score (nSPS) is 32.6. The standard InChI is InChI=1S/C41H65N3O5/c1-3-5-7-10-28-13-14-30(37(45)21-28)11-8-6-9-12-35(40(47)48)39(46)31-15-16-36-32(19-29-17-18-43-38(42)22-29)23-33(41(36,49)25-31)24-34-20-27(4-2)26-44-34/h13-14,17,20,22,26,28,30-33,35-37,39,43-46,49H,3-12,15-16,18-19,21,23-25,42H2,1-2H3,(H,47,48). The fourth-order valence-electron chi connectivity index (χ4n) is 9.92. The number of hydrogen-bond acceptors (Lipinski definition) is 6. The summed E-state index contributed by atoms with van der Waals surface area (Å²) in [6.45, 7) is 5.08. The summed E-state index contributed by atoms with van der Waals surface area (Å²) in [6, 6.07) is 2.21. The summed E-state index contributed by atoms with van der Waals surface area (Å²) >= 11 is 0. The number of aliphatic hydroxyl groups is 3. The molecule has 2 fully saturated rings. The zero-order chi connectivity index (χ0) is 35.0. The quantitative estimate of drug-likeness (QED) is 0.0668. The van der Waals surface area contributed by atoms with Gasteiger partial charge in [0.15, 0.2) is 0 Å². The lowest BCUT2D eigenvalue weighted by Crippen LogP contribution is -2.50. The van der Waals surface area contributed by atoms with Crippen molar-refractivity contribution >= 4 is 5.97 Å². The van der Waals surface area contributed by atoms with Crippen LogP contribution in [0.3, 0.4) is 0 Å². The number of rotatable bonds is 18. The van der Waals surface area contributed by atoms with Gasteiger partial charge in [0.1, 0.15) is 0 Å². The van der Waals surface area contributed by atoms with Crippen molar-refractivity contribution in [3.63, 3.8) is 0 Å². The predicted molar refractivity (Wildman–Crippen MR) is 195 cm³/mol. The molecule has 0 radical (unpaired) electrons. The Morgan fingerprint density at radius 2 is 1.88 bits per heavy atom. The lowest BCUT2D eigenvalue weighted by Gasteiger charge is -2.45. The average Bonchev–Trinajstić information content (AvgIpc) is 3.64. The highest BCUT2D eigenvalue weighted by Gasteiger charge is 2.57. The van der Waals surface area contributed by atoms with E-state index in [1.807, 2.05) is 6.08 Å². The number of aromatic amines is 1. The first kappa shape index (κ1) is 37.7. The van der Waals surface area contributed by atoms with Crippen molar-refractivity contribution in [2.45, 2.75) is 141 Å². The molecule has 0 bridgehead atoms. The topological polar surface area (TPSA) is 152 Å². The molecule has 0 aromatic carbocycles. The van der Waals surface area contributed by atoms with Gasteiger partial charge in [0, 0.05) is 24.4 Å². The minimum atomic E-state index is -0.984. The first-order valence-corrected chi connectivity index (χ1v) is 19.7. The molecule has 4 aliphatic rings. The molecular formula is C41H65N3O5. The molecule has 0 spiro atoms. The molecule has 2 heterocycles. The van der Waals surface area contributed by atoms with E-state index in [2.05, 4.69) is 54.6 Å². The maximum absolute atomic E-state index is 12.6. The molecule has 274 valence electrons. The third-order valence-electron chi connectivity index (χ3n) is 12.7. The second kappa shape index (κ2) is 17.6. The minimum absolute atomic E-state index is 0.0311. The summed E-state index contributed by atoms with van der Waals surface area (Å²) in [5.41, 5.74) is 8.73. The van der Waals surface area contributed by atoms with E-state index in [4.69, 9.17) is 5.73 Å². The van der Waals surface area contributed by atoms with Crippen molar-refractivity contribution in [1.29, 1.82) is 0 Å². The van der Waals surface area contributed by atoms with Gasteiger partial charge in [-0.1, -0.05) is 70.6 Å². The zero-order valence-electron chi connectivity index (χ0n) is 30.2. The zero-order valence-corrected chi connectivity index (χ0v) is 30.2. The number of nitrogens with one attached hydrogen (secondary N) is 2. The van der Waals surface area contributed by atoms with E-state index in [1.165, 1.54) is 30.4 Å². The van der Waals surface area contributed by atoms with Crippen LogP contribution >= 0.6 is 0 Å². The summed E-state index contributed by atoms with van der Waals surface area (Å²) in [5, 5.41) is 48.3. The Bertz CT molecular complexity index is 1300. The maximum atomic E-state index is 12.6. The van der Waals surface area contributed by atoms with Crippen molar-refractivity contribution in [1.82, 2.24) is 10.3 Å². The van der Waals surface area contributed by atoms with Crippen molar-refractivity contribution in [3.8, 4) is 0 Å². The molecule has 5 rings (SSSR count). The molecule has 1 aliphatic heterocycles. The monoisotopic (exact) mass is 679 g/mol. The van der Waals surface area contributed by atoms with Gasteiger partial charge < -0.3 is 36.5 Å². The number of allylic oxidation sites excluding steroid dienone is 3. The van der Waals surface area contributed by atoms with Gasteiger partial charge in [-0.05, 0) is 123 Å². The smallest absolute Gasteiger partial charge is 0.309 e. The number of carboxylic acid groups (broad SMARTS) is 1. The average molecular weight is 680 g/mol. The van der Waals surface area contributed by atoms with E-state index in [1.54, 1.807) is 0 Å². The van der Waals surface area contributed by atoms with Gasteiger partial charge in [0.25, 0.3) is 0 Å². The van der Waals surface area contributed by atoms with Crippen LogP contribution in [0.2, 0.25) is 0 Å². The molecule has 10 atom stereocenters. The fraction of sp³-hybridized carbons (Fsp3) is 0.732. The van der Waals surface area contributed by atoms with Crippen LogP contribution in [0, 0.1) is 41.4 Å². The number of dihydropyridines is 1. The van der Waals surface area contributed by atoms with E-state index >= 15 is 0 Å². The second-order valence-corrected chi connectivity index (χ2v) is 16.1. The van der Waals surface area contributed by atoms with Gasteiger partial charge in [-0.2, -0.15) is 0 Å². The summed E-state index contributed by atoms with van der Waals surface area (Å²) < 4.78 is 0. The number of nitrogens with two attached hydrogens (primary N) is 1. The van der Waals surface area contributed by atoms with E-state index in [0.29, 0.717) is 30.5 Å². The van der Waals surface area contributed by atoms with Gasteiger partial charge in [0.2, 0.25) is 0 Å². The SMILES string of the molecule is CCCCCC1C=CC(CCCCCC(C(=O)O)C(O)C2CCC3C(CC4=CCNC(N)=C4)CC(Cc4cc(CC)c[nH]4)C3(O)C2)C(O)C1. The molecule has 10 unspecified atom stereocenters. The Labute approximate surface area is 294 Å². The molecule has 2 saturated carbocycles. The Kier molecular flexibility index (Phi) is 13.5. The van der Waals surface area contributed by atoms with Crippen molar-refractivity contribution in [2.24, 2.45) is 47.2 Å². The Hall–Kier alpha value is -2.55. The number of carboxylic acids is 1. The lowest BCUT2D eigenvalue weighted by molar-refractivity contribution is -0.152. The van der Waals surface area contributed by atoms with Gasteiger partial charge >= 0.3 is 5.97 Å². The summed E-state index contributed by atoms with van der Waals surface area (Å²) in [4.78, 5) is 15.9. The highest BCUT2D eigenvalue weighted by Crippen LogP contribution is 2.57. The predicted octanol–water partition coefficient (Wildman–Crippen LogP) is 6.77. The molecule has 8 N–H and O–H groups in total. The van der Waals surface area contributed by atoms with Gasteiger partial charge in [-0.3, -0.25) is 4.79 Å². The van der Waals surface area contributed by atoms with Crippen LogP contribution in [0.25, 0.3) is 0 Å². The van der Waals surface area contributed by atoms with Gasteiger partial charge in [-0.25, -0.2) is 0 Å². The molecule has 49 heavy (non-hydrogen) atoms. The Morgan fingerprint density at radius 1 is 1.06 bits per heavy atom. The molecule has 3 aliphatic carbocycles. The van der Waals surface area contributed by atoms with Crippen molar-refractivity contribution < 1.29 is 25.2 Å². The molecule has 1 aromatic rings. The molecule has 8 nitrogen and oxygen atoms in total. The van der Waals surface area contributed by atoms with E-state index < -0.39 is 23.6 Å². The van der Waals surface area contributed by atoms with Crippen molar-refractivity contribution in [2.75, 3.05) is 6.54 Å². The molecular weight excluding hydrogens is 614 g/mol. The number of aliphatic hydroxyl groups excluding tert-OH is 2. The molecule has 8 heteroatoms. The summed E-state index contributed by atoms with van der Waals surface area (Å²) in [6.07, 6.45) is 24.5. The Balaban J connectivity index is 1.17. The van der Waals surface area contributed by atoms with Gasteiger partial charge in [0.05, 0.1) is 29.5 Å². The summed E-state index contributed by atoms with van der Waals surface area (Å²) in [5.74, 6) is -0.240. The number of H-pyrrole nitrogens is 1. The number of carbonyl (C=O) groups is 1. The third kappa shape index (κ3) is 9.62. The molecule has 0 saturated heterocycles. The number of hydrogen-bond donors (Lipinski definition) is 7. The van der Waals surface area contributed by atoms with Crippen LogP contribution in [0.5, 0.6) is 0 Å². The van der Waals surface area contributed by atoms with E-state index in [-0.39, 0.29) is 29.8 Å². The molecule has 0 amide bonds. The van der Waals surface area contributed by atoms with Crippen LogP contribution in [-0.4, -0.2) is 55.7 Å². The second-order valence-electron chi connectivity index (χ2n) is 16.1. The van der Waals surface area contributed by atoms with Crippen molar-refractivity contribution in [3.05, 3.63) is 59.2 Å². The largest absolute Gasteiger partial charge is 0.481 e.